The first kappa shape index (κ1) is 19.1. The Kier molecular flexibility index (Phi) is 7.66. The molecule has 1 aromatic rings. The zero-order chi connectivity index (χ0) is 16.6. The highest BCUT2D eigenvalue weighted by Crippen LogP contribution is 2.10. The van der Waals surface area contributed by atoms with Crippen LogP contribution in [0.5, 0.6) is 0 Å². The van der Waals surface area contributed by atoms with Gasteiger partial charge in [0.1, 0.15) is 0 Å². The standard InChI is InChI=1S/C13H18N2O2.C2H3ClO/c1-9(16)14-11-7-5-10(6-8-11)12(17)15-13(2,3)4;1-2(3)4/h5-8H,1-4H3,(H,14,16)(H,15,17);1H3. The maximum atomic E-state index is 11.8. The summed E-state index contributed by atoms with van der Waals surface area (Å²) in [5.41, 5.74) is 1.01. The monoisotopic (exact) mass is 312 g/mol. The Bertz CT molecular complexity index is 501. The molecule has 5 nitrogen and oxygen atoms in total. The average Bonchev–Trinajstić information content (AvgIpc) is 2.25. The van der Waals surface area contributed by atoms with Crippen LogP contribution in [0.15, 0.2) is 24.3 Å². The van der Waals surface area contributed by atoms with Crippen molar-refractivity contribution in [3.8, 4) is 0 Å². The van der Waals surface area contributed by atoms with Gasteiger partial charge < -0.3 is 10.6 Å². The van der Waals surface area contributed by atoms with Crippen LogP contribution in [-0.2, 0) is 9.59 Å². The molecule has 6 heteroatoms. The first-order chi connectivity index (χ1) is 9.51. The molecular formula is C15H21ClN2O3. The van der Waals surface area contributed by atoms with E-state index in [1.807, 2.05) is 20.8 Å². The molecule has 21 heavy (non-hydrogen) atoms. The van der Waals surface area contributed by atoms with Gasteiger partial charge in [0.2, 0.25) is 11.1 Å². The highest BCUT2D eigenvalue weighted by molar-refractivity contribution is 6.62. The molecule has 0 aromatic heterocycles. The molecule has 0 aliphatic heterocycles. The van der Waals surface area contributed by atoms with Crippen LogP contribution >= 0.6 is 11.6 Å². The van der Waals surface area contributed by atoms with Crippen molar-refractivity contribution in [1.82, 2.24) is 5.32 Å². The van der Waals surface area contributed by atoms with E-state index in [2.05, 4.69) is 22.2 Å². The summed E-state index contributed by atoms with van der Waals surface area (Å²) in [6, 6.07) is 6.79. The number of nitrogens with one attached hydrogen (secondary N) is 2. The number of carbonyl (C=O) groups excluding carboxylic acids is 3. The van der Waals surface area contributed by atoms with E-state index in [1.165, 1.54) is 13.8 Å². The van der Waals surface area contributed by atoms with E-state index in [9.17, 15) is 14.4 Å². The summed E-state index contributed by atoms with van der Waals surface area (Å²) in [5, 5.41) is 5.16. The van der Waals surface area contributed by atoms with E-state index in [-0.39, 0.29) is 22.6 Å². The molecule has 116 valence electrons. The molecule has 0 fully saturated rings. The molecule has 0 bridgehead atoms. The summed E-state index contributed by atoms with van der Waals surface area (Å²) in [4.78, 5) is 31.8. The first-order valence-electron chi connectivity index (χ1n) is 6.37. The van der Waals surface area contributed by atoms with E-state index in [1.54, 1.807) is 24.3 Å². The highest BCUT2D eigenvalue weighted by atomic mass is 35.5. The second-order valence-electron chi connectivity index (χ2n) is 5.43. The second-order valence-corrected chi connectivity index (χ2v) is 5.97. The van der Waals surface area contributed by atoms with Crippen LogP contribution in [0.3, 0.4) is 0 Å². The van der Waals surface area contributed by atoms with E-state index in [0.29, 0.717) is 11.3 Å². The Labute approximate surface area is 130 Å². The Morgan fingerprint density at radius 1 is 1.00 bits per heavy atom. The molecule has 0 aliphatic carbocycles. The van der Waals surface area contributed by atoms with Crippen LogP contribution in [0, 0.1) is 0 Å². The Morgan fingerprint density at radius 3 is 1.76 bits per heavy atom. The van der Waals surface area contributed by atoms with Crippen LogP contribution in [0.2, 0.25) is 0 Å². The SMILES string of the molecule is CC(=O)Cl.CC(=O)Nc1ccc(C(=O)NC(C)(C)C)cc1. The van der Waals surface area contributed by atoms with Crippen molar-refractivity contribution < 1.29 is 14.4 Å². The number of rotatable bonds is 2. The number of anilines is 1. The molecule has 0 unspecified atom stereocenters. The highest BCUT2D eigenvalue weighted by Gasteiger charge is 2.14. The number of hydrogen-bond acceptors (Lipinski definition) is 3. The number of halogens is 1. The van der Waals surface area contributed by atoms with Gasteiger partial charge in [0.05, 0.1) is 0 Å². The van der Waals surface area contributed by atoms with Crippen LogP contribution in [0.4, 0.5) is 5.69 Å². The van der Waals surface area contributed by atoms with Gasteiger partial charge in [-0.2, -0.15) is 0 Å². The van der Waals surface area contributed by atoms with Crippen molar-refractivity contribution in [2.75, 3.05) is 5.32 Å². The molecule has 0 aliphatic rings. The number of carbonyl (C=O) groups is 3. The quantitative estimate of drug-likeness (QED) is 0.824. The molecule has 2 N–H and O–H groups in total. The minimum absolute atomic E-state index is 0.119. The van der Waals surface area contributed by atoms with E-state index >= 15 is 0 Å². The van der Waals surface area contributed by atoms with Gasteiger partial charge in [0, 0.05) is 30.6 Å². The first-order valence-corrected chi connectivity index (χ1v) is 6.75. The van der Waals surface area contributed by atoms with Crippen molar-refractivity contribution in [2.45, 2.75) is 40.2 Å². The summed E-state index contributed by atoms with van der Waals surface area (Å²) >= 11 is 4.64. The lowest BCUT2D eigenvalue weighted by Crippen LogP contribution is -2.40. The molecule has 0 atom stereocenters. The van der Waals surface area contributed by atoms with Crippen molar-refractivity contribution in [3.63, 3.8) is 0 Å². The van der Waals surface area contributed by atoms with Gasteiger partial charge in [-0.15, -0.1) is 0 Å². The van der Waals surface area contributed by atoms with E-state index in [0.717, 1.165) is 0 Å². The van der Waals surface area contributed by atoms with Gasteiger partial charge in [-0.25, -0.2) is 0 Å². The van der Waals surface area contributed by atoms with Gasteiger partial charge in [0.25, 0.3) is 5.91 Å². The fourth-order valence-corrected chi connectivity index (χ4v) is 1.32. The maximum Gasteiger partial charge on any atom is 0.251 e. The minimum atomic E-state index is -0.361. The Morgan fingerprint density at radius 2 is 1.43 bits per heavy atom. The predicted molar refractivity (Wildman–Crippen MR) is 84.5 cm³/mol. The van der Waals surface area contributed by atoms with Gasteiger partial charge in [-0.05, 0) is 56.6 Å². The number of amides is 2. The van der Waals surface area contributed by atoms with Crippen LogP contribution in [0.25, 0.3) is 0 Å². The lowest BCUT2D eigenvalue weighted by atomic mass is 10.1. The molecule has 2 amide bonds. The second kappa shape index (κ2) is 8.42. The molecule has 1 rings (SSSR count). The normalized spacial score (nSPS) is 10.0. The summed E-state index contributed by atoms with van der Waals surface area (Å²) in [5.74, 6) is -0.247. The van der Waals surface area contributed by atoms with Crippen molar-refractivity contribution >= 4 is 34.3 Å². The molecule has 0 heterocycles. The molecule has 1 aromatic carbocycles. The van der Waals surface area contributed by atoms with Crippen molar-refractivity contribution in [2.24, 2.45) is 0 Å². The zero-order valence-electron chi connectivity index (χ0n) is 12.9. The van der Waals surface area contributed by atoms with E-state index in [4.69, 9.17) is 0 Å². The fraction of sp³-hybridized carbons (Fsp3) is 0.400. The molecule has 0 spiro atoms. The summed E-state index contributed by atoms with van der Waals surface area (Å²) in [7, 11) is 0. The number of hydrogen-bond donors (Lipinski definition) is 2. The van der Waals surface area contributed by atoms with Crippen LogP contribution in [0.1, 0.15) is 45.0 Å². The maximum absolute atomic E-state index is 11.8. The summed E-state index contributed by atoms with van der Waals surface area (Å²) in [6.07, 6.45) is 0. The molecular weight excluding hydrogens is 292 g/mol. The van der Waals surface area contributed by atoms with Gasteiger partial charge in [-0.3, -0.25) is 14.4 Å². The smallest absolute Gasteiger partial charge is 0.251 e. The van der Waals surface area contributed by atoms with Crippen molar-refractivity contribution in [3.05, 3.63) is 29.8 Å². The summed E-state index contributed by atoms with van der Waals surface area (Å²) in [6.45, 7) is 8.52. The largest absolute Gasteiger partial charge is 0.347 e. The fourth-order valence-electron chi connectivity index (χ4n) is 1.32. The lowest BCUT2D eigenvalue weighted by molar-refractivity contribution is -0.114. The zero-order valence-corrected chi connectivity index (χ0v) is 13.7. The van der Waals surface area contributed by atoms with Crippen molar-refractivity contribution in [1.29, 1.82) is 0 Å². The predicted octanol–water partition coefficient (Wildman–Crippen LogP) is 2.95. The Balaban J connectivity index is 0.000000885. The Hall–Kier alpha value is -1.88. The third-order valence-electron chi connectivity index (χ3n) is 1.96. The van der Waals surface area contributed by atoms with Crippen LogP contribution < -0.4 is 10.6 Å². The molecule has 0 saturated heterocycles. The average molecular weight is 313 g/mol. The van der Waals surface area contributed by atoms with Gasteiger partial charge in [-0.1, -0.05) is 0 Å². The van der Waals surface area contributed by atoms with E-state index < -0.39 is 0 Å². The third-order valence-corrected chi connectivity index (χ3v) is 1.96. The summed E-state index contributed by atoms with van der Waals surface area (Å²) < 4.78 is 0. The van der Waals surface area contributed by atoms with Crippen LogP contribution in [-0.4, -0.2) is 22.6 Å². The molecule has 0 radical (unpaired) electrons. The third kappa shape index (κ3) is 10.6. The lowest BCUT2D eigenvalue weighted by Gasteiger charge is -2.20. The number of benzene rings is 1. The van der Waals surface area contributed by atoms with Gasteiger partial charge >= 0.3 is 0 Å². The molecule has 0 saturated carbocycles. The topological polar surface area (TPSA) is 75.3 Å². The van der Waals surface area contributed by atoms with Gasteiger partial charge in [0.15, 0.2) is 0 Å². The minimum Gasteiger partial charge on any atom is -0.347 e.